The molecule has 0 unspecified atom stereocenters. The summed E-state index contributed by atoms with van der Waals surface area (Å²) >= 11 is 9.16. The van der Waals surface area contributed by atoms with E-state index >= 15 is 0 Å². The summed E-state index contributed by atoms with van der Waals surface area (Å²) < 4.78 is 1.17. The SMILES string of the molecule is O=C(CSCc1nc2ccccc2s1)N1CCCN(C(=O)Nc2ccc(Cl)cc2)CC1. The lowest BCUT2D eigenvalue weighted by atomic mass is 10.3. The normalized spacial score (nSPS) is 14.5. The summed E-state index contributed by atoms with van der Waals surface area (Å²) in [6, 6.07) is 15.0. The molecule has 2 heterocycles. The minimum Gasteiger partial charge on any atom is -0.340 e. The molecule has 1 aromatic heterocycles. The third-order valence-corrected chi connectivity index (χ3v) is 7.42. The van der Waals surface area contributed by atoms with Crippen LogP contribution >= 0.6 is 34.7 Å². The zero-order valence-electron chi connectivity index (χ0n) is 16.9. The summed E-state index contributed by atoms with van der Waals surface area (Å²) in [7, 11) is 0. The summed E-state index contributed by atoms with van der Waals surface area (Å²) in [5.74, 6) is 1.27. The van der Waals surface area contributed by atoms with Crippen molar-refractivity contribution in [2.75, 3.05) is 37.2 Å². The van der Waals surface area contributed by atoms with Crippen LogP contribution in [-0.4, -0.2) is 58.7 Å². The standard InChI is InChI=1S/C22H23ClN4O2S2/c23-16-6-8-17(9-7-16)24-22(29)27-11-3-10-26(12-13-27)21(28)15-30-14-20-25-18-4-1-2-5-19(18)31-20/h1-2,4-9H,3,10-15H2,(H,24,29). The Hall–Kier alpha value is -2.29. The zero-order chi connectivity index (χ0) is 21.6. The van der Waals surface area contributed by atoms with Gasteiger partial charge >= 0.3 is 6.03 Å². The van der Waals surface area contributed by atoms with Gasteiger partial charge in [0, 0.05) is 42.6 Å². The lowest BCUT2D eigenvalue weighted by Crippen LogP contribution is -2.39. The molecule has 1 aliphatic rings. The van der Waals surface area contributed by atoms with E-state index in [9.17, 15) is 9.59 Å². The van der Waals surface area contributed by atoms with Gasteiger partial charge in [0.15, 0.2) is 0 Å². The van der Waals surface area contributed by atoms with Gasteiger partial charge in [-0.3, -0.25) is 4.79 Å². The van der Waals surface area contributed by atoms with Gasteiger partial charge < -0.3 is 15.1 Å². The van der Waals surface area contributed by atoms with Crippen molar-refractivity contribution in [3.63, 3.8) is 0 Å². The van der Waals surface area contributed by atoms with Crippen LogP contribution in [0.3, 0.4) is 0 Å². The fourth-order valence-corrected chi connectivity index (χ4v) is 5.48. The Balaban J connectivity index is 1.23. The van der Waals surface area contributed by atoms with Crippen LogP contribution in [0.25, 0.3) is 10.2 Å². The van der Waals surface area contributed by atoms with Crippen LogP contribution in [0, 0.1) is 0 Å². The van der Waals surface area contributed by atoms with E-state index in [1.165, 1.54) is 4.70 Å². The average molecular weight is 475 g/mol. The molecule has 1 aliphatic heterocycles. The quantitative estimate of drug-likeness (QED) is 0.568. The van der Waals surface area contributed by atoms with Gasteiger partial charge in [-0.1, -0.05) is 23.7 Å². The first kappa shape index (κ1) is 21.9. The van der Waals surface area contributed by atoms with Gasteiger partial charge in [-0.15, -0.1) is 23.1 Å². The smallest absolute Gasteiger partial charge is 0.321 e. The topological polar surface area (TPSA) is 65.5 Å². The average Bonchev–Trinajstić information content (AvgIpc) is 3.01. The number of carbonyl (C=O) groups excluding carboxylic acids is 2. The summed E-state index contributed by atoms with van der Waals surface area (Å²) in [5, 5.41) is 4.56. The second-order valence-electron chi connectivity index (χ2n) is 7.23. The number of halogens is 1. The molecule has 0 spiro atoms. The molecule has 9 heteroatoms. The number of nitrogens with one attached hydrogen (secondary N) is 1. The van der Waals surface area contributed by atoms with Crippen LogP contribution in [0.1, 0.15) is 11.4 Å². The number of benzene rings is 2. The third-order valence-electron chi connectivity index (χ3n) is 5.02. The molecule has 0 aliphatic carbocycles. The van der Waals surface area contributed by atoms with E-state index in [0.717, 1.165) is 22.7 Å². The maximum Gasteiger partial charge on any atom is 0.321 e. The number of fused-ring (bicyclic) bond motifs is 1. The fourth-order valence-electron chi connectivity index (χ4n) is 3.40. The number of aromatic nitrogens is 1. The van der Waals surface area contributed by atoms with Gasteiger partial charge in [-0.05, 0) is 42.8 Å². The molecule has 1 fully saturated rings. The molecule has 0 atom stereocenters. The Labute approximate surface area is 194 Å². The maximum absolute atomic E-state index is 12.7. The van der Waals surface area contributed by atoms with E-state index in [1.54, 1.807) is 52.3 Å². The van der Waals surface area contributed by atoms with Gasteiger partial charge in [-0.2, -0.15) is 0 Å². The van der Waals surface area contributed by atoms with Crippen molar-refractivity contribution in [1.82, 2.24) is 14.8 Å². The molecule has 31 heavy (non-hydrogen) atoms. The Kier molecular flexibility index (Phi) is 7.32. The Morgan fingerprint density at radius 2 is 1.77 bits per heavy atom. The first-order valence-corrected chi connectivity index (χ1v) is 12.4. The lowest BCUT2D eigenvalue weighted by Gasteiger charge is -2.22. The second kappa shape index (κ2) is 10.3. The highest BCUT2D eigenvalue weighted by atomic mass is 35.5. The van der Waals surface area contributed by atoms with Crippen LogP contribution in [0.15, 0.2) is 48.5 Å². The number of anilines is 1. The van der Waals surface area contributed by atoms with Gasteiger partial charge in [-0.25, -0.2) is 9.78 Å². The van der Waals surface area contributed by atoms with Crippen molar-refractivity contribution in [1.29, 1.82) is 0 Å². The van der Waals surface area contributed by atoms with Crippen molar-refractivity contribution in [3.8, 4) is 0 Å². The second-order valence-corrected chi connectivity index (χ2v) is 9.76. The summed E-state index contributed by atoms with van der Waals surface area (Å²) in [6.45, 7) is 2.37. The molecule has 4 rings (SSSR count). The molecule has 6 nitrogen and oxygen atoms in total. The van der Waals surface area contributed by atoms with Crippen molar-refractivity contribution >= 4 is 62.5 Å². The minimum absolute atomic E-state index is 0.117. The number of para-hydroxylation sites is 1. The predicted octanol–water partition coefficient (Wildman–Crippen LogP) is 4.95. The zero-order valence-corrected chi connectivity index (χ0v) is 19.3. The number of thioether (sulfide) groups is 1. The van der Waals surface area contributed by atoms with Crippen LogP contribution in [0.5, 0.6) is 0 Å². The number of urea groups is 1. The molecule has 2 aromatic carbocycles. The van der Waals surface area contributed by atoms with E-state index in [-0.39, 0.29) is 11.9 Å². The van der Waals surface area contributed by atoms with E-state index in [0.29, 0.717) is 42.6 Å². The molecule has 3 amide bonds. The van der Waals surface area contributed by atoms with Crippen molar-refractivity contribution in [3.05, 3.63) is 58.6 Å². The first-order chi connectivity index (χ1) is 15.1. The highest BCUT2D eigenvalue weighted by Crippen LogP contribution is 2.25. The van der Waals surface area contributed by atoms with Gasteiger partial charge in [0.05, 0.1) is 16.0 Å². The van der Waals surface area contributed by atoms with Gasteiger partial charge in [0.1, 0.15) is 5.01 Å². The first-order valence-electron chi connectivity index (χ1n) is 10.1. The molecule has 0 bridgehead atoms. The molecular formula is C22H23ClN4O2S2. The molecule has 1 saturated heterocycles. The van der Waals surface area contributed by atoms with Gasteiger partial charge in [0.25, 0.3) is 0 Å². The molecule has 0 saturated carbocycles. The van der Waals surface area contributed by atoms with Gasteiger partial charge in [0.2, 0.25) is 5.91 Å². The highest BCUT2D eigenvalue weighted by Gasteiger charge is 2.22. The Morgan fingerprint density at radius 3 is 2.58 bits per heavy atom. The minimum atomic E-state index is -0.151. The number of hydrogen-bond acceptors (Lipinski definition) is 5. The number of rotatable bonds is 5. The van der Waals surface area contributed by atoms with Crippen LogP contribution < -0.4 is 5.32 Å². The number of amides is 3. The predicted molar refractivity (Wildman–Crippen MR) is 129 cm³/mol. The maximum atomic E-state index is 12.7. The third kappa shape index (κ3) is 5.90. The van der Waals surface area contributed by atoms with Crippen LogP contribution in [0.4, 0.5) is 10.5 Å². The highest BCUT2D eigenvalue weighted by molar-refractivity contribution is 7.99. The van der Waals surface area contributed by atoms with Crippen LogP contribution in [-0.2, 0) is 10.5 Å². The van der Waals surface area contributed by atoms with Crippen molar-refractivity contribution in [2.24, 2.45) is 0 Å². The fraction of sp³-hybridized carbons (Fsp3) is 0.318. The largest absolute Gasteiger partial charge is 0.340 e. The van der Waals surface area contributed by atoms with Crippen molar-refractivity contribution in [2.45, 2.75) is 12.2 Å². The molecule has 3 aromatic rings. The summed E-state index contributed by atoms with van der Waals surface area (Å²) in [6.07, 6.45) is 0.766. The molecular weight excluding hydrogens is 452 g/mol. The molecule has 1 N–H and O–H groups in total. The molecule has 162 valence electrons. The van der Waals surface area contributed by atoms with Crippen molar-refractivity contribution < 1.29 is 9.59 Å². The van der Waals surface area contributed by atoms with E-state index in [1.807, 2.05) is 23.1 Å². The van der Waals surface area contributed by atoms with E-state index in [4.69, 9.17) is 11.6 Å². The number of thiazole rings is 1. The van der Waals surface area contributed by atoms with E-state index in [2.05, 4.69) is 16.4 Å². The lowest BCUT2D eigenvalue weighted by molar-refractivity contribution is -0.128. The Morgan fingerprint density at radius 1 is 1.03 bits per heavy atom. The number of nitrogens with zero attached hydrogens (tertiary/aromatic N) is 3. The number of hydrogen-bond donors (Lipinski definition) is 1. The summed E-state index contributed by atoms with van der Waals surface area (Å²) in [4.78, 5) is 33.5. The monoisotopic (exact) mass is 474 g/mol. The number of carbonyl (C=O) groups is 2. The van der Waals surface area contributed by atoms with E-state index < -0.39 is 0 Å². The van der Waals surface area contributed by atoms with Crippen LogP contribution in [0.2, 0.25) is 5.02 Å². The molecule has 0 radical (unpaired) electrons. The Bertz CT molecular complexity index is 1020. The summed E-state index contributed by atoms with van der Waals surface area (Å²) in [5.41, 5.74) is 1.72.